The Morgan fingerprint density at radius 2 is 1.70 bits per heavy atom. The number of hydrogen-bond donors (Lipinski definition) is 2. The first-order chi connectivity index (χ1) is 9.62. The molecule has 0 aromatic heterocycles. The molecule has 0 aliphatic rings. The molecule has 1 atom stereocenters. The summed E-state index contributed by atoms with van der Waals surface area (Å²) in [6, 6.07) is 7.91. The van der Waals surface area contributed by atoms with Crippen molar-refractivity contribution in [2.24, 2.45) is 5.92 Å². The van der Waals surface area contributed by atoms with Gasteiger partial charge in [0.05, 0.1) is 0 Å². The van der Waals surface area contributed by atoms with Crippen molar-refractivity contribution in [1.29, 1.82) is 0 Å². The number of benzene rings is 1. The van der Waals surface area contributed by atoms with E-state index in [1.54, 1.807) is 0 Å². The molecule has 0 aliphatic carbocycles. The lowest BCUT2D eigenvalue weighted by molar-refractivity contribution is 0.0925. The Morgan fingerprint density at radius 3 is 2.20 bits per heavy atom. The Morgan fingerprint density at radius 1 is 1.10 bits per heavy atom. The zero-order valence-corrected chi connectivity index (χ0v) is 13.2. The first-order valence-electron chi connectivity index (χ1n) is 7.77. The van der Waals surface area contributed by atoms with Crippen LogP contribution >= 0.6 is 0 Å². The van der Waals surface area contributed by atoms with Gasteiger partial charge in [0.25, 0.3) is 5.91 Å². The van der Waals surface area contributed by atoms with E-state index in [-0.39, 0.29) is 11.9 Å². The van der Waals surface area contributed by atoms with Crippen LogP contribution < -0.4 is 10.6 Å². The van der Waals surface area contributed by atoms with Gasteiger partial charge in [-0.3, -0.25) is 4.79 Å². The van der Waals surface area contributed by atoms with Crippen molar-refractivity contribution in [1.82, 2.24) is 5.32 Å². The van der Waals surface area contributed by atoms with Crippen molar-refractivity contribution >= 4 is 11.6 Å². The lowest BCUT2D eigenvalue weighted by Crippen LogP contribution is -2.37. The van der Waals surface area contributed by atoms with E-state index in [9.17, 15) is 4.79 Å². The first-order valence-corrected chi connectivity index (χ1v) is 7.77. The molecule has 0 spiro atoms. The molecule has 3 heteroatoms. The van der Waals surface area contributed by atoms with Gasteiger partial charge in [0, 0.05) is 23.8 Å². The Hall–Kier alpha value is -1.51. The Bertz CT molecular complexity index is 396. The number of nitrogens with one attached hydrogen (secondary N) is 2. The number of carbonyl (C=O) groups excluding carboxylic acids is 1. The number of rotatable bonds is 8. The normalized spacial score (nSPS) is 12.2. The highest BCUT2D eigenvalue weighted by Gasteiger charge is 2.16. The summed E-state index contributed by atoms with van der Waals surface area (Å²) < 4.78 is 0. The number of anilines is 1. The van der Waals surface area contributed by atoms with Gasteiger partial charge in [-0.25, -0.2) is 0 Å². The SMILES string of the molecule is CCCNc1ccc(C(=O)NC(C)C(CC)CC)cc1. The van der Waals surface area contributed by atoms with E-state index in [0.29, 0.717) is 5.92 Å². The van der Waals surface area contributed by atoms with Gasteiger partial charge >= 0.3 is 0 Å². The average molecular weight is 276 g/mol. The standard InChI is InChI=1S/C17H28N2O/c1-5-12-18-16-10-8-15(9-11-16)17(20)19-13(4)14(6-2)7-3/h8-11,13-14,18H,5-7,12H2,1-4H3,(H,19,20). The molecule has 1 amide bonds. The van der Waals surface area contributed by atoms with E-state index < -0.39 is 0 Å². The van der Waals surface area contributed by atoms with Crippen LogP contribution in [0.4, 0.5) is 5.69 Å². The van der Waals surface area contributed by atoms with Gasteiger partial charge in [-0.2, -0.15) is 0 Å². The third kappa shape index (κ3) is 4.87. The minimum Gasteiger partial charge on any atom is -0.385 e. The van der Waals surface area contributed by atoms with Crippen LogP contribution in [0.2, 0.25) is 0 Å². The molecule has 1 aromatic rings. The summed E-state index contributed by atoms with van der Waals surface area (Å²) in [5, 5.41) is 6.41. The van der Waals surface area contributed by atoms with Gasteiger partial charge in [-0.15, -0.1) is 0 Å². The predicted octanol–water partition coefficient (Wildman–Crippen LogP) is 4.06. The van der Waals surface area contributed by atoms with Crippen molar-refractivity contribution in [3.05, 3.63) is 29.8 Å². The van der Waals surface area contributed by atoms with E-state index in [2.05, 4.69) is 38.3 Å². The lowest BCUT2D eigenvalue weighted by atomic mass is 9.95. The third-order valence-electron chi connectivity index (χ3n) is 3.84. The average Bonchev–Trinajstić information content (AvgIpc) is 2.46. The van der Waals surface area contributed by atoms with E-state index in [4.69, 9.17) is 0 Å². The Balaban J connectivity index is 2.59. The Kier molecular flexibility index (Phi) is 7.13. The molecule has 1 rings (SSSR count). The van der Waals surface area contributed by atoms with Crippen LogP contribution in [0, 0.1) is 5.92 Å². The zero-order valence-electron chi connectivity index (χ0n) is 13.2. The van der Waals surface area contributed by atoms with E-state index >= 15 is 0 Å². The number of amides is 1. The highest BCUT2D eigenvalue weighted by Crippen LogP contribution is 2.14. The topological polar surface area (TPSA) is 41.1 Å². The highest BCUT2D eigenvalue weighted by molar-refractivity contribution is 5.94. The first kappa shape index (κ1) is 16.5. The number of carbonyl (C=O) groups is 1. The molecule has 0 radical (unpaired) electrons. The summed E-state index contributed by atoms with van der Waals surface area (Å²) in [6.07, 6.45) is 3.28. The smallest absolute Gasteiger partial charge is 0.251 e. The van der Waals surface area contributed by atoms with Crippen LogP contribution in [0.5, 0.6) is 0 Å². The molecule has 0 saturated heterocycles. The van der Waals surface area contributed by atoms with E-state index in [0.717, 1.165) is 37.1 Å². The molecule has 1 aromatic carbocycles. The van der Waals surface area contributed by atoms with Crippen LogP contribution in [0.15, 0.2) is 24.3 Å². The molecule has 0 aliphatic heterocycles. The lowest BCUT2D eigenvalue weighted by Gasteiger charge is -2.22. The van der Waals surface area contributed by atoms with Crippen molar-refractivity contribution in [2.45, 2.75) is 53.0 Å². The van der Waals surface area contributed by atoms with Crippen LogP contribution in [0.1, 0.15) is 57.3 Å². The second-order valence-corrected chi connectivity index (χ2v) is 5.34. The van der Waals surface area contributed by atoms with E-state index in [1.165, 1.54) is 0 Å². The second kappa shape index (κ2) is 8.62. The maximum Gasteiger partial charge on any atom is 0.251 e. The third-order valence-corrected chi connectivity index (χ3v) is 3.84. The fourth-order valence-corrected chi connectivity index (χ4v) is 2.41. The molecule has 20 heavy (non-hydrogen) atoms. The molecule has 1 unspecified atom stereocenters. The van der Waals surface area contributed by atoms with E-state index in [1.807, 2.05) is 24.3 Å². The molecular formula is C17H28N2O. The maximum absolute atomic E-state index is 12.2. The minimum atomic E-state index is 0.0199. The minimum absolute atomic E-state index is 0.0199. The van der Waals surface area contributed by atoms with Gasteiger partial charge < -0.3 is 10.6 Å². The summed E-state index contributed by atoms with van der Waals surface area (Å²) in [7, 11) is 0. The number of hydrogen-bond acceptors (Lipinski definition) is 2. The van der Waals surface area contributed by atoms with Gasteiger partial charge in [0.15, 0.2) is 0 Å². The largest absolute Gasteiger partial charge is 0.385 e. The highest BCUT2D eigenvalue weighted by atomic mass is 16.1. The van der Waals surface area contributed by atoms with Crippen LogP contribution in [-0.4, -0.2) is 18.5 Å². The monoisotopic (exact) mass is 276 g/mol. The quantitative estimate of drug-likeness (QED) is 0.751. The molecular weight excluding hydrogens is 248 g/mol. The fourth-order valence-electron chi connectivity index (χ4n) is 2.41. The Labute approximate surface area is 123 Å². The predicted molar refractivity (Wildman–Crippen MR) is 86.2 cm³/mol. The summed E-state index contributed by atoms with van der Waals surface area (Å²) in [5.41, 5.74) is 1.79. The molecule has 112 valence electrons. The molecule has 2 N–H and O–H groups in total. The summed E-state index contributed by atoms with van der Waals surface area (Å²) in [4.78, 5) is 12.2. The van der Waals surface area contributed by atoms with Crippen molar-refractivity contribution in [2.75, 3.05) is 11.9 Å². The molecule has 3 nitrogen and oxygen atoms in total. The van der Waals surface area contributed by atoms with Crippen molar-refractivity contribution in [3.63, 3.8) is 0 Å². The molecule has 0 saturated carbocycles. The van der Waals surface area contributed by atoms with Gasteiger partial charge in [0.1, 0.15) is 0 Å². The molecule has 0 heterocycles. The summed E-state index contributed by atoms with van der Waals surface area (Å²) in [5.74, 6) is 0.566. The van der Waals surface area contributed by atoms with Crippen LogP contribution in [0.25, 0.3) is 0 Å². The fraction of sp³-hybridized carbons (Fsp3) is 0.588. The van der Waals surface area contributed by atoms with Gasteiger partial charge in [-0.1, -0.05) is 33.6 Å². The van der Waals surface area contributed by atoms with Gasteiger partial charge in [-0.05, 0) is 43.5 Å². The summed E-state index contributed by atoms with van der Waals surface area (Å²) >= 11 is 0. The second-order valence-electron chi connectivity index (χ2n) is 5.34. The van der Waals surface area contributed by atoms with Crippen LogP contribution in [-0.2, 0) is 0 Å². The van der Waals surface area contributed by atoms with Crippen molar-refractivity contribution < 1.29 is 4.79 Å². The van der Waals surface area contributed by atoms with Gasteiger partial charge in [0.2, 0.25) is 0 Å². The summed E-state index contributed by atoms with van der Waals surface area (Å²) in [6.45, 7) is 9.52. The van der Waals surface area contributed by atoms with Crippen molar-refractivity contribution in [3.8, 4) is 0 Å². The molecule has 0 bridgehead atoms. The van der Waals surface area contributed by atoms with Crippen LogP contribution in [0.3, 0.4) is 0 Å². The zero-order chi connectivity index (χ0) is 15.0. The maximum atomic E-state index is 12.2. The molecule has 0 fully saturated rings.